The third kappa shape index (κ3) is 62.8. The van der Waals surface area contributed by atoms with Gasteiger partial charge in [0.15, 0.2) is 12.2 Å². The second-order valence-electron chi connectivity index (χ2n) is 26.8. The minimum absolute atomic E-state index is 0.103. The van der Waals surface area contributed by atoms with Crippen molar-refractivity contribution in [2.24, 2.45) is 23.7 Å². The maximum atomic E-state index is 13.0. The van der Waals surface area contributed by atoms with Crippen LogP contribution in [0.2, 0.25) is 0 Å². The highest BCUT2D eigenvalue weighted by atomic mass is 31.2. The SMILES string of the molecule is CC(C)CCCCCCCCCCCCCCCCC(=O)O[C@H](COC(=O)CCCCCCCCC(C)C)COP(=O)(O)OCC(O)COP(=O)(O)OC[C@@H](COC(=O)CCCCCCCCCCC(C)C)OC(=O)CCCCCCCCCCC(C)C. The Hall–Kier alpha value is -1.94. The fraction of sp³-hybridized carbons (Fsp3) is 0.942. The van der Waals surface area contributed by atoms with Crippen LogP contribution in [0.3, 0.4) is 0 Å². The number of rotatable bonds is 66. The molecule has 0 aromatic rings. The van der Waals surface area contributed by atoms with Gasteiger partial charge in [0.25, 0.3) is 0 Å². The van der Waals surface area contributed by atoms with Crippen LogP contribution in [0.15, 0.2) is 0 Å². The Bertz CT molecular complexity index is 1750. The molecule has 19 heteroatoms. The molecule has 0 aliphatic rings. The summed E-state index contributed by atoms with van der Waals surface area (Å²) in [4.78, 5) is 72.4. The second kappa shape index (κ2) is 58.8. The Labute approximate surface area is 537 Å². The van der Waals surface area contributed by atoms with E-state index in [1.54, 1.807) is 0 Å². The quantitative estimate of drug-likeness (QED) is 0.0222. The van der Waals surface area contributed by atoms with Crippen molar-refractivity contribution in [3.8, 4) is 0 Å². The molecule has 3 unspecified atom stereocenters. The molecule has 0 aliphatic carbocycles. The Morgan fingerprint density at radius 2 is 0.477 bits per heavy atom. The lowest BCUT2D eigenvalue weighted by Crippen LogP contribution is -2.30. The van der Waals surface area contributed by atoms with E-state index >= 15 is 0 Å². The zero-order chi connectivity index (χ0) is 65.4. The molecule has 0 bridgehead atoms. The van der Waals surface area contributed by atoms with Gasteiger partial charge in [0.1, 0.15) is 19.3 Å². The number of phosphoric ester groups is 2. The zero-order valence-electron chi connectivity index (χ0n) is 57.3. The highest BCUT2D eigenvalue weighted by molar-refractivity contribution is 7.47. The van der Waals surface area contributed by atoms with E-state index < -0.39 is 97.5 Å². The summed E-state index contributed by atoms with van der Waals surface area (Å²) in [6.45, 7) is 14.0. The molecule has 0 saturated carbocycles. The van der Waals surface area contributed by atoms with Crippen LogP contribution in [0.25, 0.3) is 0 Å². The van der Waals surface area contributed by atoms with Gasteiger partial charge in [0, 0.05) is 25.7 Å². The minimum atomic E-state index is -4.95. The lowest BCUT2D eigenvalue weighted by Gasteiger charge is -2.21. The molecule has 522 valence electrons. The number of esters is 4. The summed E-state index contributed by atoms with van der Waals surface area (Å²) < 4.78 is 68.2. The van der Waals surface area contributed by atoms with Crippen molar-refractivity contribution in [3.63, 3.8) is 0 Å². The molecule has 88 heavy (non-hydrogen) atoms. The standard InChI is InChI=1S/C69H134O17P2/c1-59(2)45-37-29-21-15-13-11-9-10-12-14-16-25-35-43-51-68(73)85-65(56-80-67(72)50-42-34-28-27-32-40-48-62(7)8)58-84-88(77,78)82-54-63(70)53-81-87(75,76)83-57-64(86-69(74)52-44-36-26-20-18-23-31-39-47-61(5)6)55-79-66(71)49-41-33-24-19-17-22-30-38-46-60(3)4/h59-65,70H,9-58H2,1-8H3,(H,75,76)(H,77,78)/t63?,64-,65-/m1/s1. The van der Waals surface area contributed by atoms with Gasteiger partial charge in [-0.25, -0.2) is 9.13 Å². The molecule has 0 saturated heterocycles. The lowest BCUT2D eigenvalue weighted by molar-refractivity contribution is -0.161. The van der Waals surface area contributed by atoms with E-state index in [0.29, 0.717) is 31.6 Å². The Kier molecular flexibility index (Phi) is 57.6. The largest absolute Gasteiger partial charge is 0.472 e. The summed E-state index contributed by atoms with van der Waals surface area (Å²) >= 11 is 0. The summed E-state index contributed by atoms with van der Waals surface area (Å²) in [5, 5.41) is 10.6. The fourth-order valence-electron chi connectivity index (χ4n) is 10.3. The molecule has 3 N–H and O–H groups in total. The van der Waals surface area contributed by atoms with Crippen LogP contribution in [0.5, 0.6) is 0 Å². The van der Waals surface area contributed by atoms with Crippen LogP contribution in [-0.4, -0.2) is 96.7 Å². The fourth-order valence-corrected chi connectivity index (χ4v) is 11.9. The number of carbonyl (C=O) groups excluding carboxylic acids is 4. The Balaban J connectivity index is 5.22. The maximum Gasteiger partial charge on any atom is 0.472 e. The molecule has 0 heterocycles. The number of unbranched alkanes of at least 4 members (excludes halogenated alkanes) is 32. The van der Waals surface area contributed by atoms with Crippen LogP contribution in [0.4, 0.5) is 0 Å². The first-order valence-corrected chi connectivity index (χ1v) is 38.7. The molecule has 0 fully saturated rings. The van der Waals surface area contributed by atoms with E-state index in [9.17, 15) is 43.2 Å². The molecule has 5 atom stereocenters. The number of carbonyl (C=O) groups is 4. The number of phosphoric acid groups is 2. The number of ether oxygens (including phenoxy) is 4. The molecule has 0 amide bonds. The highest BCUT2D eigenvalue weighted by Gasteiger charge is 2.30. The molecule has 0 aromatic carbocycles. The van der Waals surface area contributed by atoms with Gasteiger partial charge in [-0.15, -0.1) is 0 Å². The van der Waals surface area contributed by atoms with Crippen molar-refractivity contribution < 1.29 is 80.2 Å². The monoisotopic (exact) mass is 1300 g/mol. The van der Waals surface area contributed by atoms with Gasteiger partial charge in [0.05, 0.1) is 26.4 Å². The van der Waals surface area contributed by atoms with Crippen molar-refractivity contribution in [1.29, 1.82) is 0 Å². The number of aliphatic hydroxyl groups is 1. The van der Waals surface area contributed by atoms with Gasteiger partial charge in [-0.2, -0.15) is 0 Å². The van der Waals surface area contributed by atoms with Gasteiger partial charge < -0.3 is 33.8 Å². The normalized spacial score (nSPS) is 14.3. The topological polar surface area (TPSA) is 237 Å². The van der Waals surface area contributed by atoms with E-state index in [-0.39, 0.29) is 25.7 Å². The van der Waals surface area contributed by atoms with Crippen molar-refractivity contribution >= 4 is 39.5 Å². The molecular formula is C69H134O17P2. The number of aliphatic hydroxyl groups excluding tert-OH is 1. The smallest absolute Gasteiger partial charge is 0.462 e. The number of hydrogen-bond donors (Lipinski definition) is 3. The van der Waals surface area contributed by atoms with Crippen molar-refractivity contribution in [3.05, 3.63) is 0 Å². The van der Waals surface area contributed by atoms with E-state index in [1.165, 1.54) is 135 Å². The number of hydrogen-bond acceptors (Lipinski definition) is 15. The third-order valence-corrected chi connectivity index (χ3v) is 17.7. The van der Waals surface area contributed by atoms with Crippen LogP contribution < -0.4 is 0 Å². The van der Waals surface area contributed by atoms with Crippen LogP contribution >= 0.6 is 15.6 Å². The van der Waals surface area contributed by atoms with E-state index in [2.05, 4.69) is 55.4 Å². The van der Waals surface area contributed by atoms with Crippen molar-refractivity contribution in [2.45, 2.75) is 356 Å². The molecule has 0 rings (SSSR count). The first kappa shape index (κ1) is 86.1. The molecule has 0 radical (unpaired) electrons. The molecule has 0 spiro atoms. The minimum Gasteiger partial charge on any atom is -0.462 e. The van der Waals surface area contributed by atoms with Crippen LogP contribution in [0, 0.1) is 23.7 Å². The van der Waals surface area contributed by atoms with Gasteiger partial charge in [-0.05, 0) is 49.4 Å². The van der Waals surface area contributed by atoms with E-state index in [4.69, 9.17) is 37.0 Å². The van der Waals surface area contributed by atoms with Gasteiger partial charge >= 0.3 is 39.5 Å². The molecule has 17 nitrogen and oxygen atoms in total. The summed E-state index contributed by atoms with van der Waals surface area (Å²) in [5.74, 6) is 0.785. The third-order valence-electron chi connectivity index (χ3n) is 15.8. The van der Waals surface area contributed by atoms with Gasteiger partial charge in [-0.3, -0.25) is 37.3 Å². The Morgan fingerprint density at radius 3 is 0.705 bits per heavy atom. The molecular weight excluding hydrogens is 1160 g/mol. The average molecular weight is 1300 g/mol. The van der Waals surface area contributed by atoms with Crippen LogP contribution in [0.1, 0.15) is 338 Å². The zero-order valence-corrected chi connectivity index (χ0v) is 59.1. The van der Waals surface area contributed by atoms with Crippen LogP contribution in [-0.2, 0) is 65.4 Å². The van der Waals surface area contributed by atoms with Crippen molar-refractivity contribution in [1.82, 2.24) is 0 Å². The maximum absolute atomic E-state index is 13.0. The van der Waals surface area contributed by atoms with E-state index in [0.717, 1.165) is 114 Å². The second-order valence-corrected chi connectivity index (χ2v) is 29.7. The summed E-state index contributed by atoms with van der Waals surface area (Å²) in [7, 11) is -9.90. The first-order chi connectivity index (χ1) is 42.1. The molecule has 0 aliphatic heterocycles. The average Bonchev–Trinajstić information content (AvgIpc) is 3.61. The van der Waals surface area contributed by atoms with Gasteiger partial charge in [-0.1, -0.05) is 287 Å². The van der Waals surface area contributed by atoms with Gasteiger partial charge in [0.2, 0.25) is 0 Å². The summed E-state index contributed by atoms with van der Waals surface area (Å²) in [6, 6.07) is 0. The highest BCUT2D eigenvalue weighted by Crippen LogP contribution is 2.45. The van der Waals surface area contributed by atoms with Crippen molar-refractivity contribution in [2.75, 3.05) is 39.6 Å². The summed E-state index contributed by atoms with van der Waals surface area (Å²) in [6.07, 6.45) is 40.6. The lowest BCUT2D eigenvalue weighted by atomic mass is 10.0. The van der Waals surface area contributed by atoms with E-state index in [1.807, 2.05) is 0 Å². The summed E-state index contributed by atoms with van der Waals surface area (Å²) in [5.41, 5.74) is 0. The predicted octanol–water partition coefficient (Wildman–Crippen LogP) is 19.3. The molecule has 0 aromatic heterocycles. The first-order valence-electron chi connectivity index (χ1n) is 35.7. The predicted molar refractivity (Wildman–Crippen MR) is 354 cm³/mol. The Morgan fingerprint density at radius 1 is 0.284 bits per heavy atom.